The molecule has 6 heteroatoms. The summed E-state index contributed by atoms with van der Waals surface area (Å²) in [6.07, 6.45) is 1.67. The van der Waals surface area contributed by atoms with Gasteiger partial charge in [0.1, 0.15) is 11.5 Å². The minimum atomic E-state index is -0.109. The highest BCUT2D eigenvalue weighted by atomic mass is 35.5. The molecule has 0 radical (unpaired) electrons. The molecule has 0 aliphatic rings. The van der Waals surface area contributed by atoms with Crippen LogP contribution in [0.15, 0.2) is 41.7 Å². The minimum Gasteiger partial charge on any atom is -0.455 e. The Hall–Kier alpha value is -2.27. The molecule has 5 nitrogen and oxygen atoms in total. The van der Waals surface area contributed by atoms with Gasteiger partial charge in [-0.3, -0.25) is 4.98 Å². The fourth-order valence-electron chi connectivity index (χ4n) is 1.58. The lowest BCUT2D eigenvalue weighted by Crippen LogP contribution is -2.15. The quantitative estimate of drug-likeness (QED) is 0.391. The Morgan fingerprint density at radius 2 is 2.05 bits per heavy atom. The maximum absolute atomic E-state index is 8.79. The van der Waals surface area contributed by atoms with Gasteiger partial charge >= 0.3 is 0 Å². The van der Waals surface area contributed by atoms with Crippen molar-refractivity contribution in [3.05, 3.63) is 52.8 Å². The third-order valence-corrected chi connectivity index (χ3v) is 2.83. The molecule has 0 amide bonds. The number of oxime groups is 1. The number of hydrogen-bond donors (Lipinski definition) is 2. The van der Waals surface area contributed by atoms with Gasteiger partial charge in [0.2, 0.25) is 0 Å². The van der Waals surface area contributed by atoms with Crippen LogP contribution < -0.4 is 10.5 Å². The summed E-state index contributed by atoms with van der Waals surface area (Å²) in [6, 6.07) is 8.58. The molecule has 2 rings (SSSR count). The second-order valence-electron chi connectivity index (χ2n) is 3.79. The van der Waals surface area contributed by atoms with Crippen LogP contribution in [0.4, 0.5) is 0 Å². The first-order valence-electron chi connectivity index (χ1n) is 5.49. The van der Waals surface area contributed by atoms with Gasteiger partial charge in [0.25, 0.3) is 0 Å². The highest BCUT2D eigenvalue weighted by Crippen LogP contribution is 2.31. The van der Waals surface area contributed by atoms with Crippen LogP contribution in [0.3, 0.4) is 0 Å². The molecule has 0 spiro atoms. The molecule has 1 aromatic carbocycles. The molecule has 0 saturated carbocycles. The van der Waals surface area contributed by atoms with Crippen molar-refractivity contribution in [2.24, 2.45) is 10.9 Å². The van der Waals surface area contributed by atoms with Crippen LogP contribution in [0.2, 0.25) is 5.02 Å². The number of aryl methyl sites for hydroxylation is 1. The van der Waals surface area contributed by atoms with E-state index < -0.39 is 0 Å². The van der Waals surface area contributed by atoms with Gasteiger partial charge < -0.3 is 15.7 Å². The highest BCUT2D eigenvalue weighted by molar-refractivity contribution is 6.34. The Bertz CT molecular complexity index is 629. The fourth-order valence-corrected chi connectivity index (χ4v) is 1.85. The largest absolute Gasteiger partial charge is 0.455 e. The lowest BCUT2D eigenvalue weighted by atomic mass is 10.2. The van der Waals surface area contributed by atoms with Crippen LogP contribution >= 0.6 is 11.6 Å². The van der Waals surface area contributed by atoms with Crippen LogP contribution in [0, 0.1) is 6.92 Å². The first-order valence-corrected chi connectivity index (χ1v) is 5.87. The molecule has 0 saturated heterocycles. The third kappa shape index (κ3) is 2.77. The number of pyridine rings is 1. The summed E-state index contributed by atoms with van der Waals surface area (Å²) in [5.74, 6) is 0.873. The Balaban J connectivity index is 2.47. The van der Waals surface area contributed by atoms with Crippen molar-refractivity contribution in [3.8, 4) is 11.5 Å². The van der Waals surface area contributed by atoms with Gasteiger partial charge in [-0.25, -0.2) is 0 Å². The zero-order valence-corrected chi connectivity index (χ0v) is 10.9. The number of ether oxygens (including phenoxy) is 1. The molecule has 0 aliphatic carbocycles. The van der Waals surface area contributed by atoms with E-state index in [1.165, 1.54) is 0 Å². The van der Waals surface area contributed by atoms with Crippen molar-refractivity contribution in [1.82, 2.24) is 4.98 Å². The maximum Gasteiger partial charge on any atom is 0.175 e. The molecule has 0 fully saturated rings. The average molecular weight is 278 g/mol. The van der Waals surface area contributed by atoms with Gasteiger partial charge in [-0.05, 0) is 31.2 Å². The first-order chi connectivity index (χ1) is 9.13. The Morgan fingerprint density at radius 1 is 1.32 bits per heavy atom. The number of nitrogens with two attached hydrogens (primary N) is 1. The Kier molecular flexibility index (Phi) is 3.87. The summed E-state index contributed by atoms with van der Waals surface area (Å²) < 4.78 is 5.73. The number of hydrogen-bond acceptors (Lipinski definition) is 4. The van der Waals surface area contributed by atoms with Crippen LogP contribution in [0.1, 0.15) is 11.3 Å². The van der Waals surface area contributed by atoms with Gasteiger partial charge in [-0.2, -0.15) is 0 Å². The second kappa shape index (κ2) is 5.58. The number of halogens is 1. The number of amidine groups is 1. The summed E-state index contributed by atoms with van der Waals surface area (Å²) in [5.41, 5.74) is 6.68. The molecular formula is C13H12ClN3O2. The van der Waals surface area contributed by atoms with E-state index in [0.717, 1.165) is 5.69 Å². The van der Waals surface area contributed by atoms with E-state index in [9.17, 15) is 0 Å². The van der Waals surface area contributed by atoms with Crippen molar-refractivity contribution in [3.63, 3.8) is 0 Å². The summed E-state index contributed by atoms with van der Waals surface area (Å²) >= 11 is 6.04. The number of benzene rings is 1. The molecule has 0 unspecified atom stereocenters. The van der Waals surface area contributed by atoms with E-state index in [-0.39, 0.29) is 5.84 Å². The smallest absolute Gasteiger partial charge is 0.175 e. The summed E-state index contributed by atoms with van der Waals surface area (Å²) in [5, 5.41) is 12.1. The normalized spacial score (nSPS) is 11.4. The van der Waals surface area contributed by atoms with Crippen molar-refractivity contribution < 1.29 is 9.94 Å². The summed E-state index contributed by atoms with van der Waals surface area (Å²) in [7, 11) is 0. The van der Waals surface area contributed by atoms with E-state index in [1.54, 1.807) is 36.5 Å². The van der Waals surface area contributed by atoms with Crippen molar-refractivity contribution in [2.75, 3.05) is 0 Å². The second-order valence-corrected chi connectivity index (χ2v) is 4.19. The molecule has 1 heterocycles. The summed E-state index contributed by atoms with van der Waals surface area (Å²) in [4.78, 5) is 4.12. The standard InChI is InChI=1S/C13H12ClN3O2/c1-8-10(6-3-7-16-8)19-11-5-2-4-9(14)12(11)13(15)17-18/h2-7,18H,1H3,(H2,15,17). The van der Waals surface area contributed by atoms with Gasteiger partial charge in [-0.1, -0.05) is 22.8 Å². The van der Waals surface area contributed by atoms with E-state index in [2.05, 4.69) is 10.1 Å². The van der Waals surface area contributed by atoms with Crippen LogP contribution in [-0.2, 0) is 0 Å². The van der Waals surface area contributed by atoms with E-state index in [1.807, 2.05) is 6.92 Å². The SMILES string of the molecule is Cc1ncccc1Oc1cccc(Cl)c1C(N)=NO. The average Bonchev–Trinajstić information content (AvgIpc) is 2.41. The first kappa shape index (κ1) is 13.2. The van der Waals surface area contributed by atoms with E-state index >= 15 is 0 Å². The van der Waals surface area contributed by atoms with E-state index in [4.69, 9.17) is 27.3 Å². The molecule has 2 aromatic rings. The predicted molar refractivity (Wildman–Crippen MR) is 73.0 cm³/mol. The number of aromatic nitrogens is 1. The minimum absolute atomic E-state index is 0.109. The van der Waals surface area contributed by atoms with Crippen molar-refractivity contribution in [2.45, 2.75) is 6.92 Å². The highest BCUT2D eigenvalue weighted by Gasteiger charge is 2.14. The Morgan fingerprint density at radius 3 is 2.74 bits per heavy atom. The molecule has 0 atom stereocenters. The third-order valence-electron chi connectivity index (χ3n) is 2.52. The topological polar surface area (TPSA) is 80.7 Å². The zero-order valence-electron chi connectivity index (χ0n) is 10.2. The van der Waals surface area contributed by atoms with Gasteiger partial charge in [0, 0.05) is 6.20 Å². The number of rotatable bonds is 3. The zero-order chi connectivity index (χ0) is 13.8. The fraction of sp³-hybridized carbons (Fsp3) is 0.0769. The van der Waals surface area contributed by atoms with Crippen LogP contribution in [0.25, 0.3) is 0 Å². The molecule has 0 bridgehead atoms. The molecular weight excluding hydrogens is 266 g/mol. The van der Waals surface area contributed by atoms with Crippen molar-refractivity contribution >= 4 is 17.4 Å². The van der Waals surface area contributed by atoms with E-state index in [0.29, 0.717) is 22.1 Å². The number of nitrogens with zero attached hydrogens (tertiary/aromatic N) is 2. The van der Waals surface area contributed by atoms with Crippen molar-refractivity contribution in [1.29, 1.82) is 0 Å². The maximum atomic E-state index is 8.79. The summed E-state index contributed by atoms with van der Waals surface area (Å²) in [6.45, 7) is 1.82. The van der Waals surface area contributed by atoms with Crippen LogP contribution in [-0.4, -0.2) is 16.0 Å². The molecule has 1 aromatic heterocycles. The lowest BCUT2D eigenvalue weighted by molar-refractivity contribution is 0.318. The molecule has 19 heavy (non-hydrogen) atoms. The molecule has 3 N–H and O–H groups in total. The monoisotopic (exact) mass is 277 g/mol. The molecule has 0 aliphatic heterocycles. The van der Waals surface area contributed by atoms with Gasteiger partial charge in [-0.15, -0.1) is 0 Å². The Labute approximate surface area is 115 Å². The van der Waals surface area contributed by atoms with Gasteiger partial charge in [0.15, 0.2) is 5.84 Å². The predicted octanol–water partition coefficient (Wildman–Crippen LogP) is 2.93. The molecule has 98 valence electrons. The van der Waals surface area contributed by atoms with Gasteiger partial charge in [0.05, 0.1) is 16.3 Å². The lowest BCUT2D eigenvalue weighted by Gasteiger charge is -2.12. The van der Waals surface area contributed by atoms with Crippen LogP contribution in [0.5, 0.6) is 11.5 Å².